The smallest absolute Gasteiger partial charge is 0.182 e. The van der Waals surface area contributed by atoms with E-state index in [9.17, 15) is 4.21 Å². The van der Waals surface area contributed by atoms with Gasteiger partial charge in [0.1, 0.15) is 0 Å². The quantitative estimate of drug-likeness (QED) is 0.479. The SMILES string of the molecule is CCCCC/C(=C\I)S(=O)O. The van der Waals surface area contributed by atoms with Crippen molar-refractivity contribution in [2.24, 2.45) is 0 Å². The molecular formula is C7H13IO2S. The summed E-state index contributed by atoms with van der Waals surface area (Å²) < 4.78 is 21.0. The highest BCUT2D eigenvalue weighted by molar-refractivity contribution is 14.1. The molecule has 0 spiro atoms. The van der Waals surface area contributed by atoms with Gasteiger partial charge in [-0.2, -0.15) is 0 Å². The van der Waals surface area contributed by atoms with E-state index in [0.717, 1.165) is 25.7 Å². The zero-order chi connectivity index (χ0) is 8.69. The van der Waals surface area contributed by atoms with Gasteiger partial charge in [-0.15, -0.1) is 0 Å². The minimum Gasteiger partial charge on any atom is -0.302 e. The minimum absolute atomic E-state index is 0.638. The van der Waals surface area contributed by atoms with Crippen LogP contribution in [0.25, 0.3) is 0 Å². The summed E-state index contributed by atoms with van der Waals surface area (Å²) in [4.78, 5) is 0.638. The molecule has 1 atom stereocenters. The van der Waals surface area contributed by atoms with Crippen LogP contribution >= 0.6 is 22.6 Å². The van der Waals surface area contributed by atoms with Crippen molar-refractivity contribution in [1.82, 2.24) is 0 Å². The Labute approximate surface area is 83.9 Å². The maximum atomic E-state index is 10.6. The predicted octanol–water partition coefficient (Wildman–Crippen LogP) is 3.06. The third kappa shape index (κ3) is 5.81. The highest BCUT2D eigenvalue weighted by Gasteiger charge is 2.01. The molecule has 11 heavy (non-hydrogen) atoms. The van der Waals surface area contributed by atoms with E-state index in [0.29, 0.717) is 4.91 Å². The zero-order valence-electron chi connectivity index (χ0n) is 6.55. The number of unbranched alkanes of at least 4 members (excludes halogenated alkanes) is 2. The van der Waals surface area contributed by atoms with Gasteiger partial charge < -0.3 is 4.55 Å². The largest absolute Gasteiger partial charge is 0.302 e. The van der Waals surface area contributed by atoms with Gasteiger partial charge in [0.05, 0.1) is 0 Å². The average Bonchev–Trinajstić information content (AvgIpc) is 1.97. The summed E-state index contributed by atoms with van der Waals surface area (Å²) in [6.07, 6.45) is 4.04. The van der Waals surface area contributed by atoms with E-state index in [1.165, 1.54) is 0 Å². The van der Waals surface area contributed by atoms with Crippen LogP contribution in [-0.4, -0.2) is 8.76 Å². The Morgan fingerprint density at radius 2 is 2.27 bits per heavy atom. The van der Waals surface area contributed by atoms with Crippen LogP contribution in [0.2, 0.25) is 0 Å². The lowest BCUT2D eigenvalue weighted by Crippen LogP contribution is -1.91. The number of rotatable bonds is 5. The molecule has 0 bridgehead atoms. The first-order valence-electron chi connectivity index (χ1n) is 3.62. The summed E-state index contributed by atoms with van der Waals surface area (Å²) in [7, 11) is 0. The number of halogens is 1. The summed E-state index contributed by atoms with van der Waals surface area (Å²) in [5.74, 6) is 0. The van der Waals surface area contributed by atoms with E-state index in [1.54, 1.807) is 4.08 Å². The van der Waals surface area contributed by atoms with Gasteiger partial charge in [0.25, 0.3) is 0 Å². The first-order chi connectivity index (χ1) is 5.22. The number of hydrogen-bond donors (Lipinski definition) is 1. The van der Waals surface area contributed by atoms with Crippen LogP contribution in [0.4, 0.5) is 0 Å². The van der Waals surface area contributed by atoms with Crippen molar-refractivity contribution in [3.63, 3.8) is 0 Å². The molecule has 0 aromatic carbocycles. The number of allylic oxidation sites excluding steroid dienone is 1. The summed E-state index contributed by atoms with van der Waals surface area (Å²) in [6.45, 7) is 2.11. The van der Waals surface area contributed by atoms with Crippen LogP contribution in [0.1, 0.15) is 32.6 Å². The van der Waals surface area contributed by atoms with Crippen LogP contribution in [0, 0.1) is 0 Å². The van der Waals surface area contributed by atoms with Gasteiger partial charge in [0.2, 0.25) is 0 Å². The second-order valence-corrected chi connectivity index (χ2v) is 3.93. The van der Waals surface area contributed by atoms with Crippen LogP contribution in [0.5, 0.6) is 0 Å². The fourth-order valence-corrected chi connectivity index (χ4v) is 2.09. The topological polar surface area (TPSA) is 37.3 Å². The molecule has 0 aromatic heterocycles. The molecule has 0 aliphatic rings. The molecule has 0 radical (unpaired) electrons. The zero-order valence-corrected chi connectivity index (χ0v) is 9.52. The Bertz CT molecular complexity index is 157. The average molecular weight is 288 g/mol. The third-order valence-electron chi connectivity index (χ3n) is 1.37. The fraction of sp³-hybridized carbons (Fsp3) is 0.714. The Hall–Kier alpha value is 0.580. The second-order valence-electron chi connectivity index (χ2n) is 2.28. The maximum absolute atomic E-state index is 10.6. The van der Waals surface area contributed by atoms with Crippen LogP contribution < -0.4 is 0 Å². The monoisotopic (exact) mass is 288 g/mol. The van der Waals surface area contributed by atoms with Crippen molar-refractivity contribution >= 4 is 33.7 Å². The van der Waals surface area contributed by atoms with Crippen LogP contribution in [-0.2, 0) is 11.1 Å². The van der Waals surface area contributed by atoms with Crippen molar-refractivity contribution in [3.05, 3.63) is 8.99 Å². The first-order valence-corrected chi connectivity index (χ1v) is 5.97. The Kier molecular flexibility index (Phi) is 7.62. The van der Waals surface area contributed by atoms with E-state index in [4.69, 9.17) is 4.55 Å². The fourth-order valence-electron chi connectivity index (χ4n) is 0.729. The standard InChI is InChI=1S/C7H13IO2S/c1-2-3-4-5-7(6-8)11(9)10/h6H,2-5H2,1H3,(H,9,10)/b7-6+. The molecule has 4 heteroatoms. The lowest BCUT2D eigenvalue weighted by atomic mass is 10.2. The molecular weight excluding hydrogens is 275 g/mol. The summed E-state index contributed by atoms with van der Waals surface area (Å²) in [5, 5.41) is 0. The Morgan fingerprint density at radius 1 is 1.64 bits per heavy atom. The summed E-state index contributed by atoms with van der Waals surface area (Å²) >= 11 is 0.248. The molecule has 0 amide bonds. The van der Waals surface area contributed by atoms with E-state index in [1.807, 2.05) is 22.6 Å². The van der Waals surface area contributed by atoms with Crippen molar-refractivity contribution in [2.45, 2.75) is 32.6 Å². The van der Waals surface area contributed by atoms with Gasteiger partial charge in [-0.25, -0.2) is 4.21 Å². The molecule has 66 valence electrons. The van der Waals surface area contributed by atoms with Gasteiger partial charge in [0.15, 0.2) is 11.1 Å². The molecule has 0 saturated carbocycles. The van der Waals surface area contributed by atoms with E-state index >= 15 is 0 Å². The molecule has 1 N–H and O–H groups in total. The van der Waals surface area contributed by atoms with E-state index in [-0.39, 0.29) is 0 Å². The van der Waals surface area contributed by atoms with Crippen LogP contribution in [0.15, 0.2) is 8.99 Å². The van der Waals surface area contributed by atoms with Gasteiger partial charge in [-0.05, 0) is 16.9 Å². The Balaban J connectivity index is 3.63. The van der Waals surface area contributed by atoms with Crippen LogP contribution in [0.3, 0.4) is 0 Å². The summed E-state index contributed by atoms with van der Waals surface area (Å²) in [6, 6.07) is 0. The molecule has 0 aliphatic heterocycles. The lowest BCUT2D eigenvalue weighted by molar-refractivity contribution is 0.567. The molecule has 0 aliphatic carbocycles. The molecule has 0 saturated heterocycles. The van der Waals surface area contributed by atoms with E-state index in [2.05, 4.69) is 6.92 Å². The molecule has 1 unspecified atom stereocenters. The van der Waals surface area contributed by atoms with Gasteiger partial charge in [0, 0.05) is 4.91 Å². The molecule has 0 rings (SSSR count). The van der Waals surface area contributed by atoms with Crippen molar-refractivity contribution in [2.75, 3.05) is 0 Å². The highest BCUT2D eigenvalue weighted by Crippen LogP contribution is 2.13. The van der Waals surface area contributed by atoms with Gasteiger partial charge in [-0.3, -0.25) is 0 Å². The predicted molar refractivity (Wildman–Crippen MR) is 57.0 cm³/mol. The summed E-state index contributed by atoms with van der Waals surface area (Å²) in [5.41, 5.74) is 0. The highest BCUT2D eigenvalue weighted by atomic mass is 127. The number of hydrogen-bond acceptors (Lipinski definition) is 1. The molecule has 2 nitrogen and oxygen atoms in total. The van der Waals surface area contributed by atoms with E-state index < -0.39 is 11.1 Å². The van der Waals surface area contributed by atoms with Crippen molar-refractivity contribution in [1.29, 1.82) is 0 Å². The minimum atomic E-state index is -1.75. The normalized spacial score (nSPS) is 15.0. The maximum Gasteiger partial charge on any atom is 0.182 e. The Morgan fingerprint density at radius 3 is 2.64 bits per heavy atom. The van der Waals surface area contributed by atoms with Crippen molar-refractivity contribution < 1.29 is 8.76 Å². The van der Waals surface area contributed by atoms with Gasteiger partial charge in [-0.1, -0.05) is 42.4 Å². The third-order valence-corrected chi connectivity index (χ3v) is 3.32. The first kappa shape index (κ1) is 11.6. The molecule has 0 heterocycles. The van der Waals surface area contributed by atoms with Crippen molar-refractivity contribution in [3.8, 4) is 0 Å². The molecule has 0 aromatic rings. The second kappa shape index (κ2) is 7.24. The molecule has 0 fully saturated rings. The van der Waals surface area contributed by atoms with Gasteiger partial charge >= 0.3 is 0 Å². The lowest BCUT2D eigenvalue weighted by Gasteiger charge is -1.99.